The van der Waals surface area contributed by atoms with Crippen molar-refractivity contribution in [3.63, 3.8) is 0 Å². The number of ether oxygens (including phenoxy) is 1. The molecule has 0 aliphatic carbocycles. The second-order valence-electron chi connectivity index (χ2n) is 3.20. The van der Waals surface area contributed by atoms with E-state index in [2.05, 4.69) is 20.9 Å². The third-order valence-corrected chi connectivity index (χ3v) is 2.70. The van der Waals surface area contributed by atoms with Crippen LogP contribution in [0.1, 0.15) is 11.7 Å². The summed E-state index contributed by atoms with van der Waals surface area (Å²) in [6, 6.07) is 7.65. The molecule has 15 heavy (non-hydrogen) atoms. The topological polar surface area (TPSA) is 60.9 Å². The van der Waals surface area contributed by atoms with Gasteiger partial charge in [-0.05, 0) is 17.7 Å². The molecule has 5 heteroatoms. The van der Waals surface area contributed by atoms with E-state index in [4.69, 9.17) is 10.1 Å². The van der Waals surface area contributed by atoms with Gasteiger partial charge in [0.25, 0.3) is 0 Å². The number of rotatable bonds is 2. The van der Waals surface area contributed by atoms with Crippen molar-refractivity contribution in [3.05, 3.63) is 51.2 Å². The van der Waals surface area contributed by atoms with Crippen molar-refractivity contribution >= 4 is 15.9 Å². The van der Waals surface area contributed by atoms with Gasteiger partial charge < -0.3 is 9.84 Å². The molecule has 0 saturated carbocycles. The predicted octanol–water partition coefficient (Wildman–Crippen LogP) is 3.14. The number of nitrogens with zero attached hydrogens (tertiary/aromatic N) is 2. The van der Waals surface area contributed by atoms with Crippen molar-refractivity contribution in [2.75, 3.05) is 0 Å². The maximum Gasteiger partial charge on any atom is 0.390 e. The Labute approximate surface area is 94.9 Å². The highest BCUT2D eigenvalue weighted by Gasteiger charge is 2.45. The lowest BCUT2D eigenvalue weighted by Crippen LogP contribution is -1.92. The van der Waals surface area contributed by atoms with Crippen molar-refractivity contribution in [1.82, 2.24) is 0 Å². The average Bonchev–Trinajstić information content (AvgIpc) is 2.99. The van der Waals surface area contributed by atoms with Crippen molar-refractivity contribution in [3.8, 4) is 0 Å². The highest BCUT2D eigenvalue weighted by Crippen LogP contribution is 2.42. The number of halogens is 1. The first-order valence-electron chi connectivity index (χ1n) is 4.36. The fraction of sp³-hybridized carbons (Fsp3) is 0.200. The van der Waals surface area contributed by atoms with Crippen LogP contribution < -0.4 is 0 Å². The van der Waals surface area contributed by atoms with Gasteiger partial charge in [-0.15, -0.1) is 0 Å². The van der Waals surface area contributed by atoms with Gasteiger partial charge >= 0.3 is 6.20 Å². The van der Waals surface area contributed by atoms with E-state index in [0.717, 1.165) is 16.2 Å². The molecule has 1 aliphatic heterocycles. The van der Waals surface area contributed by atoms with Gasteiger partial charge in [0.1, 0.15) is 6.10 Å². The smallest absolute Gasteiger partial charge is 0.390 e. The van der Waals surface area contributed by atoms with Gasteiger partial charge in [0, 0.05) is 4.47 Å². The van der Waals surface area contributed by atoms with E-state index in [1.807, 2.05) is 24.3 Å². The third kappa shape index (κ3) is 2.17. The van der Waals surface area contributed by atoms with Crippen LogP contribution in [0.2, 0.25) is 0 Å². The summed E-state index contributed by atoms with van der Waals surface area (Å²) >= 11 is 3.33. The van der Waals surface area contributed by atoms with Crippen LogP contribution in [0, 0.1) is 5.39 Å². The van der Waals surface area contributed by atoms with Crippen LogP contribution in [-0.2, 0) is 4.74 Å². The number of diazo groups is 1. The summed E-state index contributed by atoms with van der Waals surface area (Å²) in [5, 5.41) is 17.6. The fourth-order valence-corrected chi connectivity index (χ4v) is 1.64. The zero-order valence-corrected chi connectivity index (χ0v) is 9.26. The molecule has 2 rings (SSSR count). The van der Waals surface area contributed by atoms with Crippen LogP contribution in [0.3, 0.4) is 0 Å². The zero-order chi connectivity index (χ0) is 10.8. The van der Waals surface area contributed by atoms with Crippen molar-refractivity contribution in [2.45, 2.75) is 12.2 Å². The molecule has 0 radical (unpaired) electrons. The van der Waals surface area contributed by atoms with E-state index < -0.39 is 0 Å². The first-order chi connectivity index (χ1) is 7.22. The Bertz CT molecular complexity index is 436. The van der Waals surface area contributed by atoms with Crippen LogP contribution >= 0.6 is 15.9 Å². The Balaban J connectivity index is 2.09. The molecule has 0 unspecified atom stereocenters. The van der Waals surface area contributed by atoms with Crippen LogP contribution in [0.25, 0.3) is 4.98 Å². The Morgan fingerprint density at radius 1 is 1.47 bits per heavy atom. The van der Waals surface area contributed by atoms with Gasteiger partial charge in [-0.1, -0.05) is 28.1 Å². The van der Waals surface area contributed by atoms with Gasteiger partial charge in [0.2, 0.25) is 11.2 Å². The molecule has 4 nitrogen and oxygen atoms in total. The molecule has 1 fully saturated rings. The Hall–Kier alpha value is -1.38. The molecule has 0 spiro atoms. The second kappa shape index (κ2) is 4.01. The van der Waals surface area contributed by atoms with Gasteiger partial charge in [-0.2, -0.15) is 0 Å². The van der Waals surface area contributed by atoms with Crippen LogP contribution in [0.5, 0.6) is 0 Å². The van der Waals surface area contributed by atoms with Gasteiger partial charge in [-0.25, -0.2) is 0 Å². The Morgan fingerprint density at radius 2 is 2.13 bits per heavy atom. The molecular weight excluding hydrogens is 260 g/mol. The Kier molecular flexibility index (Phi) is 2.71. The van der Waals surface area contributed by atoms with E-state index in [-0.39, 0.29) is 18.0 Å². The summed E-state index contributed by atoms with van der Waals surface area (Å²) in [6.07, 6.45) is 0.446. The summed E-state index contributed by atoms with van der Waals surface area (Å²) in [5.74, 6) is -0.0644. The minimum atomic E-state index is -0.387. The number of aliphatic hydroxyl groups is 1. The van der Waals surface area contributed by atoms with Crippen LogP contribution in [-0.4, -0.2) is 11.2 Å². The van der Waals surface area contributed by atoms with E-state index in [1.165, 1.54) is 0 Å². The molecule has 1 heterocycles. The first kappa shape index (κ1) is 10.1. The summed E-state index contributed by atoms with van der Waals surface area (Å²) in [5.41, 5.74) is 0.987. The normalized spacial score (nSPS) is 24.7. The minimum absolute atomic E-state index is 0.0644. The van der Waals surface area contributed by atoms with Gasteiger partial charge in [-0.3, -0.25) is 0 Å². The maximum atomic E-state index is 9.35. The highest BCUT2D eigenvalue weighted by atomic mass is 79.9. The molecule has 2 atom stereocenters. The molecule has 1 N–H and O–H groups in total. The largest absolute Gasteiger partial charge is 0.503 e. The highest BCUT2D eigenvalue weighted by molar-refractivity contribution is 9.10. The predicted molar refractivity (Wildman–Crippen MR) is 57.6 cm³/mol. The molecule has 1 aliphatic rings. The fourth-order valence-electron chi connectivity index (χ4n) is 1.38. The van der Waals surface area contributed by atoms with E-state index >= 15 is 0 Å². The van der Waals surface area contributed by atoms with Gasteiger partial charge in [0.05, 0.1) is 0 Å². The third-order valence-electron chi connectivity index (χ3n) is 2.17. The number of benzene rings is 1. The summed E-state index contributed by atoms with van der Waals surface area (Å²) in [6.45, 7) is 0. The molecule has 0 bridgehead atoms. The van der Waals surface area contributed by atoms with Gasteiger partial charge in [0.15, 0.2) is 11.1 Å². The monoisotopic (exact) mass is 267 g/mol. The molecular formula is C10H8BrN2O2+. The number of epoxide rings is 1. The number of aliphatic hydroxyl groups excluding tert-OH is 1. The second-order valence-corrected chi connectivity index (χ2v) is 4.11. The standard InChI is InChI=1S/C10H7BrN2O2/c11-7-3-1-6(2-4-7)9-10(15-9)8(14)5-13-12/h1-5,9-10H/p+1/b8-5-/t9-,10-/m0/s1. The lowest BCUT2D eigenvalue weighted by molar-refractivity contribution is 0.317. The quantitative estimate of drug-likeness (QED) is 0.509. The lowest BCUT2D eigenvalue weighted by atomic mass is 10.1. The number of hydrogen-bond acceptors (Lipinski definition) is 3. The van der Waals surface area contributed by atoms with Crippen LogP contribution in [0.15, 0.2) is 40.7 Å². The number of hydrogen-bond donors (Lipinski definition) is 1. The van der Waals surface area contributed by atoms with Crippen molar-refractivity contribution < 1.29 is 9.84 Å². The molecule has 1 aromatic rings. The van der Waals surface area contributed by atoms with Crippen molar-refractivity contribution in [1.29, 1.82) is 5.39 Å². The minimum Gasteiger partial charge on any atom is -0.503 e. The molecule has 76 valence electrons. The summed E-state index contributed by atoms with van der Waals surface area (Å²) in [7, 11) is 0. The van der Waals surface area contributed by atoms with E-state index in [9.17, 15) is 5.11 Å². The van der Waals surface area contributed by atoms with Crippen LogP contribution in [0.4, 0.5) is 0 Å². The maximum absolute atomic E-state index is 9.35. The van der Waals surface area contributed by atoms with Crippen molar-refractivity contribution in [2.24, 2.45) is 0 Å². The average molecular weight is 268 g/mol. The Morgan fingerprint density at radius 3 is 2.73 bits per heavy atom. The molecule has 0 aromatic heterocycles. The summed E-state index contributed by atoms with van der Waals surface area (Å²) in [4.78, 5) is 2.74. The SMILES string of the molecule is N#[N+]/C=C(\O)[C@@H]1O[C@H]1c1ccc(Br)cc1. The summed E-state index contributed by atoms with van der Waals surface area (Å²) < 4.78 is 6.25. The molecule has 1 aromatic carbocycles. The zero-order valence-electron chi connectivity index (χ0n) is 7.67. The lowest BCUT2D eigenvalue weighted by Gasteiger charge is -1.94. The molecule has 0 amide bonds. The first-order valence-corrected chi connectivity index (χ1v) is 5.16. The molecule has 1 saturated heterocycles. The van der Waals surface area contributed by atoms with E-state index in [0.29, 0.717) is 0 Å². The van der Waals surface area contributed by atoms with E-state index in [1.54, 1.807) is 0 Å².